The van der Waals surface area contributed by atoms with Crippen LogP contribution < -0.4 is 0 Å². The van der Waals surface area contributed by atoms with Crippen molar-refractivity contribution in [3.8, 4) is 0 Å². The molecule has 0 bridgehead atoms. The fraction of sp³-hybridized carbons (Fsp3) is 1.00. The van der Waals surface area contributed by atoms with Gasteiger partial charge in [0.15, 0.2) is 0 Å². The first-order valence-corrected chi connectivity index (χ1v) is 3.13. The molecule has 0 spiro atoms. The summed E-state index contributed by atoms with van der Waals surface area (Å²) in [5.74, 6) is 0. The number of ether oxygens (including phenoxy) is 2. The molecule has 8 heavy (non-hydrogen) atoms. The highest BCUT2D eigenvalue weighted by molar-refractivity contribution is 4.63. The lowest BCUT2D eigenvalue weighted by molar-refractivity contribution is -0.129. The summed E-state index contributed by atoms with van der Waals surface area (Å²) in [6.45, 7) is 4.60. The lowest BCUT2D eigenvalue weighted by Crippen LogP contribution is -2.36. The molecule has 2 heteroatoms. The van der Waals surface area contributed by atoms with Crippen molar-refractivity contribution >= 4 is 0 Å². The van der Waals surface area contributed by atoms with Crippen molar-refractivity contribution in [3.05, 3.63) is 0 Å². The average molecular weight is 116 g/mol. The van der Waals surface area contributed by atoms with Gasteiger partial charge in [-0.05, 0) is 6.42 Å². The van der Waals surface area contributed by atoms with E-state index < -0.39 is 0 Å². The van der Waals surface area contributed by atoms with Gasteiger partial charge < -0.3 is 9.47 Å². The van der Waals surface area contributed by atoms with Gasteiger partial charge in [-0.15, -0.1) is 0 Å². The zero-order valence-electron chi connectivity index (χ0n) is 5.22. The van der Waals surface area contributed by atoms with E-state index in [9.17, 15) is 0 Å². The summed E-state index contributed by atoms with van der Waals surface area (Å²) >= 11 is 0. The molecular weight excluding hydrogens is 104 g/mol. The van der Waals surface area contributed by atoms with Crippen LogP contribution in [0.15, 0.2) is 0 Å². The Morgan fingerprint density at radius 3 is 2.75 bits per heavy atom. The molecule has 0 atom stereocenters. The molecule has 0 N–H and O–H groups in total. The van der Waals surface area contributed by atoms with Crippen molar-refractivity contribution < 1.29 is 9.47 Å². The fourth-order valence-corrected chi connectivity index (χ4v) is 0.595. The van der Waals surface area contributed by atoms with Crippen LogP contribution in [0.25, 0.3) is 0 Å². The molecule has 1 rings (SSSR count). The Balaban J connectivity index is 1.86. The van der Waals surface area contributed by atoms with E-state index in [2.05, 4.69) is 6.92 Å². The van der Waals surface area contributed by atoms with Crippen LogP contribution in [-0.4, -0.2) is 25.9 Å². The van der Waals surface area contributed by atoms with Gasteiger partial charge in [0, 0.05) is 6.61 Å². The zero-order chi connectivity index (χ0) is 5.82. The van der Waals surface area contributed by atoms with Crippen LogP contribution in [0.3, 0.4) is 0 Å². The molecule has 0 aromatic rings. The number of rotatable bonds is 3. The van der Waals surface area contributed by atoms with Gasteiger partial charge in [0.05, 0.1) is 13.2 Å². The monoisotopic (exact) mass is 116 g/mol. The summed E-state index contributed by atoms with van der Waals surface area (Å²) in [6, 6.07) is 0. The van der Waals surface area contributed by atoms with Crippen LogP contribution in [0.5, 0.6) is 0 Å². The minimum atomic E-state index is 0.412. The van der Waals surface area contributed by atoms with Crippen LogP contribution in [0.2, 0.25) is 0 Å². The first-order valence-electron chi connectivity index (χ1n) is 3.13. The molecule has 48 valence electrons. The first kappa shape index (κ1) is 6.05. The maximum absolute atomic E-state index is 5.30. The highest BCUT2D eigenvalue weighted by Crippen LogP contribution is 2.04. The molecule has 0 radical (unpaired) electrons. The van der Waals surface area contributed by atoms with Crippen molar-refractivity contribution in [3.63, 3.8) is 0 Å². The van der Waals surface area contributed by atoms with E-state index in [-0.39, 0.29) is 0 Å². The molecule has 0 aromatic heterocycles. The molecule has 0 aliphatic carbocycles. The lowest BCUT2D eigenvalue weighted by Gasteiger charge is -2.25. The maximum atomic E-state index is 5.30. The second-order valence-corrected chi connectivity index (χ2v) is 2.03. The molecule has 1 heterocycles. The molecule has 0 amide bonds. The van der Waals surface area contributed by atoms with Crippen molar-refractivity contribution in [2.24, 2.45) is 0 Å². The molecule has 1 aliphatic heterocycles. The van der Waals surface area contributed by atoms with Gasteiger partial charge in [-0.2, -0.15) is 0 Å². The van der Waals surface area contributed by atoms with E-state index in [1.165, 1.54) is 0 Å². The number of hydrogen-bond acceptors (Lipinski definition) is 2. The normalized spacial score (nSPS) is 20.6. The van der Waals surface area contributed by atoms with E-state index in [0.29, 0.717) is 6.10 Å². The smallest absolute Gasteiger partial charge is 0.104 e. The van der Waals surface area contributed by atoms with E-state index in [0.717, 1.165) is 26.2 Å². The number of hydrogen-bond donors (Lipinski definition) is 0. The van der Waals surface area contributed by atoms with Crippen LogP contribution >= 0.6 is 0 Å². The Morgan fingerprint density at radius 2 is 2.38 bits per heavy atom. The van der Waals surface area contributed by atoms with Gasteiger partial charge in [-0.3, -0.25) is 0 Å². The summed E-state index contributed by atoms with van der Waals surface area (Å²) < 4.78 is 10.2. The van der Waals surface area contributed by atoms with Gasteiger partial charge >= 0.3 is 0 Å². The van der Waals surface area contributed by atoms with Crippen LogP contribution in [0.1, 0.15) is 13.3 Å². The summed E-state index contributed by atoms with van der Waals surface area (Å²) in [5, 5.41) is 0. The minimum absolute atomic E-state index is 0.412. The van der Waals surface area contributed by atoms with Crippen molar-refractivity contribution in [2.45, 2.75) is 19.4 Å². The average Bonchev–Trinajstić information content (AvgIpc) is 1.63. The molecule has 1 saturated heterocycles. The first-order chi connectivity index (χ1) is 3.93. The van der Waals surface area contributed by atoms with E-state index in [1.54, 1.807) is 0 Å². The van der Waals surface area contributed by atoms with E-state index >= 15 is 0 Å². The van der Waals surface area contributed by atoms with E-state index in [4.69, 9.17) is 9.47 Å². The van der Waals surface area contributed by atoms with Crippen LogP contribution in [0.4, 0.5) is 0 Å². The Kier molecular flexibility index (Phi) is 2.30. The SMILES string of the molecule is CCCOC1COC1. The highest BCUT2D eigenvalue weighted by atomic mass is 16.6. The van der Waals surface area contributed by atoms with Gasteiger partial charge in [-0.25, -0.2) is 0 Å². The minimum Gasteiger partial charge on any atom is -0.376 e. The fourth-order valence-electron chi connectivity index (χ4n) is 0.595. The van der Waals surface area contributed by atoms with Gasteiger partial charge in [-0.1, -0.05) is 6.92 Å². The van der Waals surface area contributed by atoms with E-state index in [1.807, 2.05) is 0 Å². The molecule has 0 unspecified atom stereocenters. The Bertz CT molecular complexity index is 59.5. The summed E-state index contributed by atoms with van der Waals surface area (Å²) in [6.07, 6.45) is 1.52. The molecule has 0 saturated carbocycles. The predicted molar refractivity (Wildman–Crippen MR) is 30.8 cm³/mol. The second-order valence-electron chi connectivity index (χ2n) is 2.03. The second kappa shape index (κ2) is 3.05. The molecule has 1 fully saturated rings. The molecule has 1 aliphatic rings. The van der Waals surface area contributed by atoms with Gasteiger partial charge in [0.25, 0.3) is 0 Å². The van der Waals surface area contributed by atoms with Crippen molar-refractivity contribution in [2.75, 3.05) is 19.8 Å². The van der Waals surface area contributed by atoms with Gasteiger partial charge in [0.2, 0.25) is 0 Å². The quantitative estimate of drug-likeness (QED) is 0.543. The third-order valence-corrected chi connectivity index (χ3v) is 1.17. The van der Waals surface area contributed by atoms with Crippen molar-refractivity contribution in [1.29, 1.82) is 0 Å². The topological polar surface area (TPSA) is 18.5 Å². The third-order valence-electron chi connectivity index (χ3n) is 1.17. The molecule has 2 nitrogen and oxygen atoms in total. The Morgan fingerprint density at radius 1 is 1.62 bits per heavy atom. The Hall–Kier alpha value is -0.0800. The van der Waals surface area contributed by atoms with Crippen molar-refractivity contribution in [1.82, 2.24) is 0 Å². The maximum Gasteiger partial charge on any atom is 0.104 e. The lowest BCUT2D eigenvalue weighted by atomic mass is 10.3. The summed E-state index contributed by atoms with van der Waals surface area (Å²) in [4.78, 5) is 0. The van der Waals surface area contributed by atoms with Crippen LogP contribution in [-0.2, 0) is 9.47 Å². The van der Waals surface area contributed by atoms with Crippen LogP contribution in [0, 0.1) is 0 Å². The molecular formula is C6H12O2. The largest absolute Gasteiger partial charge is 0.376 e. The molecule has 0 aromatic carbocycles. The summed E-state index contributed by atoms with van der Waals surface area (Å²) in [7, 11) is 0. The summed E-state index contributed by atoms with van der Waals surface area (Å²) in [5.41, 5.74) is 0. The van der Waals surface area contributed by atoms with Gasteiger partial charge in [0.1, 0.15) is 6.10 Å². The zero-order valence-corrected chi connectivity index (χ0v) is 5.22. The Labute approximate surface area is 49.8 Å². The third kappa shape index (κ3) is 1.46. The highest BCUT2D eigenvalue weighted by Gasteiger charge is 2.17. The predicted octanol–water partition coefficient (Wildman–Crippen LogP) is 0.812. The standard InChI is InChI=1S/C6H12O2/c1-2-3-8-6-4-7-5-6/h6H,2-5H2,1H3.